The molecule has 0 radical (unpaired) electrons. The Hall–Kier alpha value is -5.05. The lowest BCUT2D eigenvalue weighted by atomic mass is 9.80. The second kappa shape index (κ2) is 15.3. The van der Waals surface area contributed by atoms with Crippen molar-refractivity contribution in [3.63, 3.8) is 0 Å². The van der Waals surface area contributed by atoms with Gasteiger partial charge in [-0.15, -0.1) is 0 Å². The normalized spacial score (nSPS) is 27.4. The Bertz CT molecular complexity index is 2560. The van der Waals surface area contributed by atoms with Crippen LogP contribution in [0.2, 0.25) is 5.02 Å². The molecule has 2 aromatic carbocycles. The van der Waals surface area contributed by atoms with Crippen molar-refractivity contribution < 1.29 is 29.4 Å². The Kier molecular flexibility index (Phi) is 10.2. The summed E-state index contributed by atoms with van der Waals surface area (Å²) in [6.07, 6.45) is 11.1. The van der Waals surface area contributed by atoms with Gasteiger partial charge in [0, 0.05) is 82.3 Å². The number of hydrogen-bond acceptors (Lipinski definition) is 8. The molecule has 0 saturated heterocycles. The molecule has 6 aliphatic rings. The fourth-order valence-corrected chi connectivity index (χ4v) is 13.1. The number of benzene rings is 2. The number of nitrogens with one attached hydrogen (secondary N) is 2. The molecular weight excluding hydrogens is 820 g/mol. The van der Waals surface area contributed by atoms with Gasteiger partial charge in [-0.2, -0.15) is 0 Å². The molecule has 4 heterocycles. The van der Waals surface area contributed by atoms with Gasteiger partial charge in [-0.3, -0.25) is 29.0 Å². The second-order valence-corrected chi connectivity index (χ2v) is 20.5. The highest BCUT2D eigenvalue weighted by Crippen LogP contribution is 2.63. The average Bonchev–Trinajstić information content (AvgIpc) is 4.13. The Labute approximate surface area is 372 Å². The standard InChI is InChI=1S/C48H57ClN8O6/c1-29-30(6-4-8-32(29)52-41(58)39-50-34-24-56(21-10-36(34)54(39)2)23-20-45-12-16-47(26-45,17-13-45)43(60)61)31-7-5-9-33(38(31)49)53-42(59)40-51-35-25-57(22-11-37(35)55(40)3)28-46-14-18-48(27-46,19-15-46)44(62)63/h4-9H,10-28H2,1-3H3,(H,52,58)(H,53,59)(H,60,61)(H,62,63). The minimum absolute atomic E-state index is 0.0473. The predicted octanol–water partition coefficient (Wildman–Crippen LogP) is 7.46. The van der Waals surface area contributed by atoms with Crippen LogP contribution in [0.25, 0.3) is 11.1 Å². The predicted molar refractivity (Wildman–Crippen MR) is 238 cm³/mol. The Morgan fingerprint density at radius 1 is 0.683 bits per heavy atom. The number of carbonyl (C=O) groups is 4. The Balaban J connectivity index is 0.791. The Morgan fingerprint density at radius 3 is 1.75 bits per heavy atom. The highest BCUT2D eigenvalue weighted by atomic mass is 35.5. The Morgan fingerprint density at radius 2 is 1.17 bits per heavy atom. The monoisotopic (exact) mass is 876 g/mol. The number of fused-ring (bicyclic) bond motifs is 6. The van der Waals surface area contributed by atoms with Gasteiger partial charge in [0.15, 0.2) is 11.6 Å². The summed E-state index contributed by atoms with van der Waals surface area (Å²) in [5.74, 6) is -1.27. The van der Waals surface area contributed by atoms with Crippen molar-refractivity contribution in [1.82, 2.24) is 28.9 Å². The van der Waals surface area contributed by atoms with E-state index in [4.69, 9.17) is 21.6 Å². The number of anilines is 2. The van der Waals surface area contributed by atoms with E-state index in [1.165, 1.54) is 0 Å². The van der Waals surface area contributed by atoms with Gasteiger partial charge in [-0.25, -0.2) is 9.97 Å². The molecule has 0 atom stereocenters. The topological polar surface area (TPSA) is 175 Å². The number of halogens is 1. The van der Waals surface area contributed by atoms with E-state index in [-0.39, 0.29) is 22.6 Å². The number of carboxylic acids is 2. The van der Waals surface area contributed by atoms with E-state index < -0.39 is 22.8 Å². The maximum absolute atomic E-state index is 13.9. The molecule has 63 heavy (non-hydrogen) atoms. The molecule has 4 N–H and O–H groups in total. The number of rotatable bonds is 12. The van der Waals surface area contributed by atoms with E-state index >= 15 is 0 Å². The van der Waals surface area contributed by atoms with E-state index in [1.807, 2.05) is 60.5 Å². The van der Waals surface area contributed by atoms with E-state index in [0.717, 1.165) is 144 Å². The van der Waals surface area contributed by atoms with Crippen molar-refractivity contribution >= 4 is 46.7 Å². The van der Waals surface area contributed by atoms with Crippen molar-refractivity contribution in [2.24, 2.45) is 35.8 Å². The quantitative estimate of drug-likeness (QED) is 0.112. The van der Waals surface area contributed by atoms with E-state index in [2.05, 4.69) is 20.4 Å². The molecule has 332 valence electrons. The second-order valence-electron chi connectivity index (χ2n) is 20.1. The third-order valence-corrected chi connectivity index (χ3v) is 17.0. The molecule has 15 heteroatoms. The number of carbonyl (C=O) groups excluding carboxylic acids is 2. The number of hydrogen-bond donors (Lipinski definition) is 4. The molecule has 2 aromatic heterocycles. The molecule has 2 aliphatic heterocycles. The lowest BCUT2D eigenvalue weighted by Gasteiger charge is -2.35. The minimum atomic E-state index is -0.647. The van der Waals surface area contributed by atoms with Crippen LogP contribution in [0.15, 0.2) is 36.4 Å². The number of imidazole rings is 2. The molecule has 0 spiro atoms. The number of aromatic nitrogens is 4. The van der Waals surface area contributed by atoms with Crippen LogP contribution in [0.3, 0.4) is 0 Å². The van der Waals surface area contributed by atoms with Crippen molar-refractivity contribution in [3.8, 4) is 11.1 Å². The highest BCUT2D eigenvalue weighted by molar-refractivity contribution is 6.36. The zero-order valence-electron chi connectivity index (χ0n) is 36.5. The first kappa shape index (κ1) is 41.9. The van der Waals surface area contributed by atoms with Crippen LogP contribution < -0.4 is 10.6 Å². The number of nitrogens with zero attached hydrogens (tertiary/aromatic N) is 6. The molecular formula is C48H57ClN8O6. The van der Waals surface area contributed by atoms with Gasteiger partial charge in [0.2, 0.25) is 0 Å². The third kappa shape index (κ3) is 7.07. The maximum Gasteiger partial charge on any atom is 0.309 e. The van der Waals surface area contributed by atoms with Gasteiger partial charge in [0.05, 0.1) is 32.9 Å². The van der Waals surface area contributed by atoms with E-state index in [9.17, 15) is 29.4 Å². The van der Waals surface area contributed by atoms with Crippen molar-refractivity contribution in [2.45, 2.75) is 103 Å². The molecule has 4 aliphatic carbocycles. The maximum atomic E-state index is 13.9. The lowest BCUT2D eigenvalue weighted by molar-refractivity contribution is -0.149. The SMILES string of the molecule is Cc1c(NC(=O)c2nc3c(n2C)CCN(CCC24CCC(C(=O)O)(CC2)C4)C3)cccc1-c1cccc(NC(=O)c2nc3c(n2C)CCN(CC24CCC(C(=O)O)(CC2)C4)C3)c1Cl. The first-order chi connectivity index (χ1) is 30.1. The smallest absolute Gasteiger partial charge is 0.309 e. The van der Waals surface area contributed by atoms with Crippen LogP contribution in [-0.2, 0) is 49.6 Å². The van der Waals surface area contributed by atoms with Crippen LogP contribution in [0.5, 0.6) is 0 Å². The summed E-state index contributed by atoms with van der Waals surface area (Å²) in [7, 11) is 3.77. The van der Waals surface area contributed by atoms with Crippen LogP contribution in [0.1, 0.15) is 120 Å². The summed E-state index contributed by atoms with van der Waals surface area (Å²) in [5, 5.41) is 26.3. The zero-order valence-corrected chi connectivity index (χ0v) is 37.2. The van der Waals surface area contributed by atoms with Gasteiger partial charge in [-0.1, -0.05) is 35.9 Å². The van der Waals surface area contributed by atoms with Crippen LogP contribution in [-0.4, -0.2) is 89.0 Å². The van der Waals surface area contributed by atoms with Gasteiger partial charge >= 0.3 is 11.9 Å². The summed E-state index contributed by atoms with van der Waals surface area (Å²) < 4.78 is 3.78. The van der Waals surface area contributed by atoms with Crippen molar-refractivity contribution in [1.29, 1.82) is 0 Å². The van der Waals surface area contributed by atoms with Crippen molar-refractivity contribution in [2.75, 3.05) is 36.8 Å². The highest BCUT2D eigenvalue weighted by Gasteiger charge is 2.59. The first-order valence-electron chi connectivity index (χ1n) is 22.6. The van der Waals surface area contributed by atoms with E-state index in [1.54, 1.807) is 6.07 Å². The fourth-order valence-electron chi connectivity index (χ4n) is 12.8. The van der Waals surface area contributed by atoms with Crippen molar-refractivity contribution in [3.05, 3.63) is 81.4 Å². The minimum Gasteiger partial charge on any atom is -0.481 e. The summed E-state index contributed by atoms with van der Waals surface area (Å²) >= 11 is 7.07. The van der Waals surface area contributed by atoms with Gasteiger partial charge < -0.3 is 30.0 Å². The molecule has 4 saturated carbocycles. The van der Waals surface area contributed by atoms with Gasteiger partial charge in [-0.05, 0) is 118 Å². The molecule has 2 amide bonds. The number of carboxylic acid groups (broad SMARTS) is 2. The zero-order chi connectivity index (χ0) is 44.1. The average molecular weight is 877 g/mol. The summed E-state index contributed by atoms with van der Waals surface area (Å²) in [6, 6.07) is 11.2. The first-order valence-corrected chi connectivity index (χ1v) is 23.0. The largest absolute Gasteiger partial charge is 0.481 e. The van der Waals surface area contributed by atoms with Crippen LogP contribution in [0.4, 0.5) is 11.4 Å². The third-order valence-electron chi connectivity index (χ3n) is 16.6. The van der Waals surface area contributed by atoms with Gasteiger partial charge in [0.1, 0.15) is 0 Å². The summed E-state index contributed by atoms with van der Waals surface area (Å²) in [6.45, 7) is 6.70. The summed E-state index contributed by atoms with van der Waals surface area (Å²) in [4.78, 5) is 66.2. The number of amides is 2. The lowest BCUT2D eigenvalue weighted by Crippen LogP contribution is -2.39. The van der Waals surface area contributed by atoms with Crippen LogP contribution >= 0.6 is 11.6 Å². The van der Waals surface area contributed by atoms with E-state index in [0.29, 0.717) is 46.7 Å². The fraction of sp³-hybridized carbons (Fsp3) is 0.542. The molecule has 0 unspecified atom stereocenters. The van der Waals surface area contributed by atoms with Crippen LogP contribution in [0, 0.1) is 28.6 Å². The molecule has 10 rings (SSSR count). The van der Waals surface area contributed by atoms with Gasteiger partial charge in [0.25, 0.3) is 11.8 Å². The molecule has 4 bridgehead atoms. The number of aliphatic carboxylic acids is 2. The summed E-state index contributed by atoms with van der Waals surface area (Å²) in [5.41, 5.74) is 6.43. The molecule has 4 fully saturated rings. The molecule has 14 nitrogen and oxygen atoms in total. The molecule has 4 aromatic rings.